The van der Waals surface area contributed by atoms with Crippen molar-refractivity contribution < 1.29 is 9.50 Å². The number of hydrogen-bond donors (Lipinski definition) is 2. The molecule has 1 aliphatic rings. The number of fused-ring (bicyclic) bond motifs is 1. The molecule has 0 saturated carbocycles. The number of rotatable bonds is 3. The SMILES string of the molecule is Oc1ccccc1CNC1CCc2cc(F)ccc21. The number of hydrogen-bond acceptors (Lipinski definition) is 2. The summed E-state index contributed by atoms with van der Waals surface area (Å²) in [4.78, 5) is 0. The van der Waals surface area contributed by atoms with Crippen molar-refractivity contribution in [2.45, 2.75) is 25.4 Å². The summed E-state index contributed by atoms with van der Waals surface area (Å²) in [7, 11) is 0. The number of aromatic hydroxyl groups is 1. The Morgan fingerprint density at radius 3 is 2.89 bits per heavy atom. The van der Waals surface area contributed by atoms with Crippen molar-refractivity contribution in [3.8, 4) is 5.75 Å². The van der Waals surface area contributed by atoms with Gasteiger partial charge in [-0.1, -0.05) is 24.3 Å². The smallest absolute Gasteiger partial charge is 0.123 e. The molecule has 2 aromatic carbocycles. The first-order valence-electron chi connectivity index (χ1n) is 6.52. The molecule has 2 aromatic rings. The molecule has 2 nitrogen and oxygen atoms in total. The third-order valence-corrected chi connectivity index (χ3v) is 3.71. The molecule has 0 heterocycles. The van der Waals surface area contributed by atoms with Crippen molar-refractivity contribution in [2.24, 2.45) is 0 Å². The monoisotopic (exact) mass is 257 g/mol. The molecule has 0 spiro atoms. The highest BCUT2D eigenvalue weighted by Gasteiger charge is 2.22. The van der Waals surface area contributed by atoms with Crippen LogP contribution in [0.5, 0.6) is 5.75 Å². The van der Waals surface area contributed by atoms with Gasteiger partial charge in [0.25, 0.3) is 0 Å². The fourth-order valence-electron chi connectivity index (χ4n) is 2.69. The fourth-order valence-corrected chi connectivity index (χ4v) is 2.69. The second kappa shape index (κ2) is 5.02. The van der Waals surface area contributed by atoms with Gasteiger partial charge in [-0.3, -0.25) is 0 Å². The van der Waals surface area contributed by atoms with Crippen LogP contribution in [0, 0.1) is 5.82 Å². The van der Waals surface area contributed by atoms with Crippen molar-refractivity contribution in [2.75, 3.05) is 0 Å². The molecular formula is C16H16FNO. The Labute approximate surface area is 111 Å². The zero-order valence-electron chi connectivity index (χ0n) is 10.6. The second-order valence-corrected chi connectivity index (χ2v) is 4.94. The second-order valence-electron chi connectivity index (χ2n) is 4.94. The Morgan fingerprint density at radius 2 is 2.05 bits per heavy atom. The molecule has 0 radical (unpaired) electrons. The molecule has 1 aliphatic carbocycles. The summed E-state index contributed by atoms with van der Waals surface area (Å²) in [6, 6.07) is 12.6. The van der Waals surface area contributed by atoms with E-state index in [1.165, 1.54) is 11.6 Å². The van der Waals surface area contributed by atoms with Gasteiger partial charge in [-0.2, -0.15) is 0 Å². The number of phenols is 1. The molecular weight excluding hydrogens is 241 g/mol. The van der Waals surface area contributed by atoms with Gasteiger partial charge in [0, 0.05) is 18.2 Å². The number of halogens is 1. The minimum Gasteiger partial charge on any atom is -0.508 e. The van der Waals surface area contributed by atoms with Gasteiger partial charge in [-0.15, -0.1) is 0 Å². The number of aryl methyl sites for hydroxylation is 1. The van der Waals surface area contributed by atoms with Gasteiger partial charge < -0.3 is 10.4 Å². The molecule has 0 aromatic heterocycles. The summed E-state index contributed by atoms with van der Waals surface area (Å²) in [5.74, 6) is 0.146. The van der Waals surface area contributed by atoms with Gasteiger partial charge in [0.1, 0.15) is 11.6 Å². The average Bonchev–Trinajstić information content (AvgIpc) is 2.80. The molecule has 3 rings (SSSR count). The van der Waals surface area contributed by atoms with Crippen LogP contribution in [0.1, 0.15) is 29.2 Å². The molecule has 98 valence electrons. The zero-order valence-corrected chi connectivity index (χ0v) is 10.6. The van der Waals surface area contributed by atoms with E-state index in [4.69, 9.17) is 0 Å². The Kier molecular flexibility index (Phi) is 3.22. The van der Waals surface area contributed by atoms with Crippen molar-refractivity contribution in [1.82, 2.24) is 5.32 Å². The maximum absolute atomic E-state index is 13.1. The van der Waals surface area contributed by atoms with E-state index in [9.17, 15) is 9.50 Å². The maximum Gasteiger partial charge on any atom is 0.123 e. The van der Waals surface area contributed by atoms with Gasteiger partial charge >= 0.3 is 0 Å². The van der Waals surface area contributed by atoms with Crippen LogP contribution in [0.4, 0.5) is 4.39 Å². The molecule has 0 aliphatic heterocycles. The summed E-state index contributed by atoms with van der Waals surface area (Å²) in [6.07, 6.45) is 1.89. The average molecular weight is 257 g/mol. The lowest BCUT2D eigenvalue weighted by atomic mass is 10.1. The van der Waals surface area contributed by atoms with Crippen molar-refractivity contribution in [1.29, 1.82) is 0 Å². The molecule has 1 unspecified atom stereocenters. The molecule has 1 atom stereocenters. The predicted octanol–water partition coefficient (Wildman–Crippen LogP) is 3.31. The summed E-state index contributed by atoms with van der Waals surface area (Å²) in [5, 5.41) is 13.2. The van der Waals surface area contributed by atoms with E-state index in [1.54, 1.807) is 12.1 Å². The molecule has 19 heavy (non-hydrogen) atoms. The summed E-state index contributed by atoms with van der Waals surface area (Å²) < 4.78 is 13.1. The van der Waals surface area contributed by atoms with Crippen LogP contribution in [0.3, 0.4) is 0 Å². The highest BCUT2D eigenvalue weighted by Crippen LogP contribution is 2.32. The first-order valence-corrected chi connectivity index (χ1v) is 6.52. The lowest BCUT2D eigenvalue weighted by Gasteiger charge is -2.14. The van der Waals surface area contributed by atoms with E-state index in [-0.39, 0.29) is 11.9 Å². The van der Waals surface area contributed by atoms with Crippen LogP contribution >= 0.6 is 0 Å². The number of benzene rings is 2. The highest BCUT2D eigenvalue weighted by molar-refractivity contribution is 5.36. The third-order valence-electron chi connectivity index (χ3n) is 3.71. The summed E-state index contributed by atoms with van der Waals surface area (Å²) in [6.45, 7) is 0.619. The highest BCUT2D eigenvalue weighted by atomic mass is 19.1. The molecule has 0 fully saturated rings. The minimum atomic E-state index is -0.167. The normalized spacial score (nSPS) is 17.4. The van der Waals surface area contributed by atoms with Crippen LogP contribution in [-0.4, -0.2) is 5.11 Å². The van der Waals surface area contributed by atoms with E-state index in [1.807, 2.05) is 24.3 Å². The van der Waals surface area contributed by atoms with Crippen LogP contribution in [-0.2, 0) is 13.0 Å². The number of para-hydroxylation sites is 1. The van der Waals surface area contributed by atoms with Gasteiger partial charge in [0.05, 0.1) is 0 Å². The Balaban J connectivity index is 1.72. The van der Waals surface area contributed by atoms with E-state index in [0.717, 1.165) is 24.0 Å². The van der Waals surface area contributed by atoms with E-state index in [2.05, 4.69) is 5.32 Å². The number of nitrogens with one attached hydrogen (secondary N) is 1. The van der Waals surface area contributed by atoms with Gasteiger partial charge in [-0.25, -0.2) is 4.39 Å². The molecule has 0 amide bonds. The predicted molar refractivity (Wildman–Crippen MR) is 72.4 cm³/mol. The molecule has 3 heteroatoms. The van der Waals surface area contributed by atoms with Crippen LogP contribution < -0.4 is 5.32 Å². The standard InChI is InChI=1S/C16H16FNO/c17-13-6-7-14-11(9-13)5-8-15(14)18-10-12-3-1-2-4-16(12)19/h1-4,6-7,9,15,18-19H,5,8,10H2. The van der Waals surface area contributed by atoms with Gasteiger partial charge in [-0.05, 0) is 42.2 Å². The minimum absolute atomic E-state index is 0.167. The summed E-state index contributed by atoms with van der Waals surface area (Å²) >= 11 is 0. The lowest BCUT2D eigenvalue weighted by molar-refractivity contribution is 0.456. The molecule has 0 bridgehead atoms. The quantitative estimate of drug-likeness (QED) is 0.884. The lowest BCUT2D eigenvalue weighted by Crippen LogP contribution is -2.18. The largest absolute Gasteiger partial charge is 0.508 e. The third kappa shape index (κ3) is 2.47. The van der Waals surface area contributed by atoms with E-state index in [0.29, 0.717) is 12.3 Å². The first-order chi connectivity index (χ1) is 9.24. The Bertz CT molecular complexity index is 597. The molecule has 2 N–H and O–H groups in total. The van der Waals surface area contributed by atoms with Crippen LogP contribution in [0.25, 0.3) is 0 Å². The van der Waals surface area contributed by atoms with Crippen LogP contribution in [0.15, 0.2) is 42.5 Å². The van der Waals surface area contributed by atoms with Crippen LogP contribution in [0.2, 0.25) is 0 Å². The Morgan fingerprint density at radius 1 is 1.21 bits per heavy atom. The van der Waals surface area contributed by atoms with Crippen molar-refractivity contribution in [3.63, 3.8) is 0 Å². The topological polar surface area (TPSA) is 32.3 Å². The summed E-state index contributed by atoms with van der Waals surface area (Å²) in [5.41, 5.74) is 3.16. The maximum atomic E-state index is 13.1. The first kappa shape index (κ1) is 12.2. The van der Waals surface area contributed by atoms with Gasteiger partial charge in [0.2, 0.25) is 0 Å². The molecule has 0 saturated heterocycles. The van der Waals surface area contributed by atoms with Crippen molar-refractivity contribution in [3.05, 3.63) is 65.0 Å². The van der Waals surface area contributed by atoms with E-state index >= 15 is 0 Å². The Hall–Kier alpha value is -1.87. The fraction of sp³-hybridized carbons (Fsp3) is 0.250. The van der Waals surface area contributed by atoms with Gasteiger partial charge in [0.15, 0.2) is 0 Å². The number of phenolic OH excluding ortho intramolecular Hbond substituents is 1. The van der Waals surface area contributed by atoms with E-state index < -0.39 is 0 Å². The van der Waals surface area contributed by atoms with Crippen molar-refractivity contribution >= 4 is 0 Å². The zero-order chi connectivity index (χ0) is 13.2.